The quantitative estimate of drug-likeness (QED) is 0.185. The lowest BCUT2D eigenvalue weighted by Gasteiger charge is -2.44. The largest absolute Gasteiger partial charge is 0.339 e. The van der Waals surface area contributed by atoms with Crippen LogP contribution < -0.4 is 48.8 Å². The lowest BCUT2D eigenvalue weighted by atomic mass is 10.1. The van der Waals surface area contributed by atoms with Gasteiger partial charge in [-0.1, -0.05) is 18.2 Å². The average molecular weight is 669 g/mol. The zero-order valence-corrected chi connectivity index (χ0v) is 26.9. The molecule has 0 bridgehead atoms. The highest BCUT2D eigenvalue weighted by Crippen LogP contribution is 2.42. The highest BCUT2D eigenvalue weighted by molar-refractivity contribution is 5.80. The van der Waals surface area contributed by atoms with Crippen molar-refractivity contribution in [3.8, 4) is 12.1 Å². The maximum absolute atomic E-state index is 14.3. The number of benzene rings is 1. The summed E-state index contributed by atoms with van der Waals surface area (Å²) in [7, 11) is 1.35. The summed E-state index contributed by atoms with van der Waals surface area (Å²) < 4.78 is 3.70. The standard InChI is InChI=1S/C31H36N14O4/c1-39-27(47)23-26(42(13-10-32)31(39)49)45(30(41-12-5-9-21(35)17-41)43(23)15-19-7-3-2-6-18(19)14-33)44-24-22(25(46)38-28(48)37-24)36-29(44)40-11-4-8-20(34)16-40/h2-3,6-7,20-21,30H,4-5,8-9,11-13,15-17,34-35H2,1H3,(H2,37,38,46,48). The monoisotopic (exact) mass is 668 g/mol. The average Bonchev–Trinajstić information content (AvgIpc) is 3.62. The zero-order chi connectivity index (χ0) is 34.6. The van der Waals surface area contributed by atoms with Crippen molar-refractivity contribution < 1.29 is 0 Å². The summed E-state index contributed by atoms with van der Waals surface area (Å²) in [5.41, 5.74) is 11.1. The Hall–Kier alpha value is -5.69. The van der Waals surface area contributed by atoms with Crippen LogP contribution in [0.4, 0.5) is 17.5 Å². The van der Waals surface area contributed by atoms with Crippen LogP contribution in [0.2, 0.25) is 0 Å². The number of nitriles is 2. The number of nitrogens with zero attached hydrogens (tertiary/aromatic N) is 10. The van der Waals surface area contributed by atoms with E-state index in [1.807, 2.05) is 4.90 Å². The van der Waals surface area contributed by atoms with Crippen LogP contribution in [-0.4, -0.2) is 78.2 Å². The molecule has 3 unspecified atom stereocenters. The Morgan fingerprint density at radius 2 is 1.73 bits per heavy atom. The third kappa shape index (κ3) is 5.26. The van der Waals surface area contributed by atoms with Gasteiger partial charge < -0.3 is 21.3 Å². The number of aromatic amines is 2. The third-order valence-corrected chi connectivity index (χ3v) is 9.49. The second-order valence-corrected chi connectivity index (χ2v) is 12.7. The van der Waals surface area contributed by atoms with Gasteiger partial charge in [-0.25, -0.2) is 19.6 Å². The lowest BCUT2D eigenvalue weighted by Crippen LogP contribution is -2.61. The molecule has 6 N–H and O–H groups in total. The van der Waals surface area contributed by atoms with Gasteiger partial charge in [0.25, 0.3) is 11.1 Å². The minimum absolute atomic E-state index is 0.0241. The van der Waals surface area contributed by atoms with E-state index in [0.717, 1.165) is 30.3 Å². The molecule has 4 aromatic rings. The van der Waals surface area contributed by atoms with E-state index in [1.54, 1.807) is 38.9 Å². The molecule has 0 saturated carbocycles. The van der Waals surface area contributed by atoms with Crippen LogP contribution in [0.25, 0.3) is 11.2 Å². The number of hydrogen-bond acceptors (Lipinski definition) is 13. The number of fused-ring (bicyclic) bond motifs is 2. The summed E-state index contributed by atoms with van der Waals surface area (Å²) in [5, 5.41) is 21.6. The fraction of sp³-hybridized carbons (Fsp3) is 0.452. The molecule has 3 aliphatic rings. The van der Waals surface area contributed by atoms with Crippen LogP contribution in [-0.2, 0) is 20.1 Å². The summed E-state index contributed by atoms with van der Waals surface area (Å²) in [5.74, 6) is 0.321. The van der Waals surface area contributed by atoms with Gasteiger partial charge in [0.2, 0.25) is 5.95 Å². The van der Waals surface area contributed by atoms with Crippen molar-refractivity contribution in [3.05, 3.63) is 77.1 Å². The maximum Gasteiger partial charge on any atom is 0.333 e. The Bertz CT molecular complexity index is 2270. The van der Waals surface area contributed by atoms with Crippen molar-refractivity contribution in [1.82, 2.24) is 33.7 Å². The minimum Gasteiger partial charge on any atom is -0.339 e. The Balaban J connectivity index is 1.60. The first-order valence-electron chi connectivity index (χ1n) is 16.1. The number of rotatable bonds is 6. The summed E-state index contributed by atoms with van der Waals surface area (Å²) in [6.07, 6.45) is 2.10. The van der Waals surface area contributed by atoms with Crippen molar-refractivity contribution in [2.24, 2.45) is 18.5 Å². The first-order chi connectivity index (χ1) is 23.6. The van der Waals surface area contributed by atoms with Crippen molar-refractivity contribution in [1.29, 1.82) is 10.5 Å². The van der Waals surface area contributed by atoms with E-state index in [9.17, 15) is 29.7 Å². The molecule has 0 radical (unpaired) electrons. The van der Waals surface area contributed by atoms with E-state index in [4.69, 9.17) is 16.5 Å². The Morgan fingerprint density at radius 1 is 1.00 bits per heavy atom. The Labute approximate surface area is 278 Å². The topological polar surface area (TPSA) is 240 Å². The van der Waals surface area contributed by atoms with Gasteiger partial charge in [-0.2, -0.15) is 15.2 Å². The highest BCUT2D eigenvalue weighted by atomic mass is 16.2. The van der Waals surface area contributed by atoms with Gasteiger partial charge >= 0.3 is 11.4 Å². The third-order valence-electron chi connectivity index (χ3n) is 9.49. The number of H-pyrrole nitrogens is 2. The van der Waals surface area contributed by atoms with Crippen molar-refractivity contribution in [2.45, 2.75) is 57.1 Å². The van der Waals surface area contributed by atoms with E-state index in [2.05, 4.69) is 27.0 Å². The molecule has 0 amide bonds. The maximum atomic E-state index is 14.3. The zero-order valence-electron chi connectivity index (χ0n) is 26.9. The van der Waals surface area contributed by atoms with E-state index in [1.165, 1.54) is 11.6 Å². The van der Waals surface area contributed by atoms with Gasteiger partial charge in [-0.3, -0.25) is 33.6 Å². The second-order valence-electron chi connectivity index (χ2n) is 12.7. The number of anilines is 3. The number of piperidine rings is 2. The molecule has 49 heavy (non-hydrogen) atoms. The summed E-state index contributed by atoms with van der Waals surface area (Å²) in [4.78, 5) is 69.8. The molecule has 2 fully saturated rings. The van der Waals surface area contributed by atoms with Gasteiger partial charge in [0.1, 0.15) is 12.2 Å². The van der Waals surface area contributed by atoms with Crippen molar-refractivity contribution in [3.63, 3.8) is 0 Å². The molecule has 3 aromatic heterocycles. The number of likely N-dealkylation sites (tertiary alicyclic amines) is 1. The molecule has 7 rings (SSSR count). The molecule has 18 nitrogen and oxygen atoms in total. The predicted octanol–water partition coefficient (Wildman–Crippen LogP) is -1.41. The van der Waals surface area contributed by atoms with E-state index in [0.29, 0.717) is 37.3 Å². The fourth-order valence-corrected chi connectivity index (χ4v) is 7.28. The molecular weight excluding hydrogens is 632 g/mol. The molecule has 2 saturated heterocycles. The van der Waals surface area contributed by atoms with Crippen LogP contribution in [0.15, 0.2) is 43.4 Å². The van der Waals surface area contributed by atoms with E-state index in [-0.39, 0.29) is 47.2 Å². The molecule has 0 aliphatic carbocycles. The van der Waals surface area contributed by atoms with E-state index < -0.39 is 35.3 Å². The van der Waals surface area contributed by atoms with Crippen LogP contribution >= 0.6 is 0 Å². The normalized spacial score (nSPS) is 21.2. The summed E-state index contributed by atoms with van der Waals surface area (Å²) in [6.45, 7) is 1.47. The molecule has 1 aromatic carbocycles. The lowest BCUT2D eigenvalue weighted by molar-refractivity contribution is 0.138. The van der Waals surface area contributed by atoms with Crippen LogP contribution in [0.5, 0.6) is 0 Å². The number of aromatic nitrogens is 6. The fourth-order valence-electron chi connectivity index (χ4n) is 7.28. The van der Waals surface area contributed by atoms with Gasteiger partial charge in [0.15, 0.2) is 23.3 Å². The predicted molar refractivity (Wildman–Crippen MR) is 180 cm³/mol. The van der Waals surface area contributed by atoms with Crippen LogP contribution in [0.1, 0.15) is 36.8 Å². The number of nitrogens with two attached hydrogens (primary N) is 2. The molecule has 254 valence electrons. The van der Waals surface area contributed by atoms with Gasteiger partial charge in [-0.05, 0) is 37.3 Å². The van der Waals surface area contributed by atoms with Gasteiger partial charge in [-0.15, -0.1) is 0 Å². The van der Waals surface area contributed by atoms with Gasteiger partial charge in [0, 0.05) is 51.9 Å². The van der Waals surface area contributed by atoms with Crippen LogP contribution in [0, 0.1) is 22.7 Å². The second kappa shape index (κ2) is 12.4. The molecule has 3 aliphatic heterocycles. The van der Waals surface area contributed by atoms with Crippen LogP contribution in [0.3, 0.4) is 0 Å². The smallest absolute Gasteiger partial charge is 0.333 e. The molecule has 6 heterocycles. The SMILES string of the molecule is Cn1c(=O)c2c(n(CC#N)c1=O)N(n1c(N3CCCC(N)C3)nc3c(=O)[nH]c(=O)[nH]c31)C(N1CCCC(N)C1)N2Cc1ccccc1C#N. The van der Waals surface area contributed by atoms with E-state index >= 15 is 0 Å². The molecule has 3 atom stereocenters. The number of imidazole rings is 1. The highest BCUT2D eigenvalue weighted by Gasteiger charge is 2.48. The number of nitrogens with one attached hydrogen (secondary N) is 2. The van der Waals surface area contributed by atoms with Crippen molar-refractivity contribution >= 4 is 28.6 Å². The molecule has 0 spiro atoms. The minimum atomic E-state index is -0.898. The summed E-state index contributed by atoms with van der Waals surface area (Å²) >= 11 is 0. The Morgan fingerprint density at radius 3 is 2.45 bits per heavy atom. The number of hydrogen-bond donors (Lipinski definition) is 4. The molecule has 18 heteroatoms. The Kier molecular flexibility index (Phi) is 8.07. The van der Waals surface area contributed by atoms with Crippen molar-refractivity contribution in [2.75, 3.05) is 41.0 Å². The van der Waals surface area contributed by atoms with Gasteiger partial charge in [0.05, 0.1) is 17.7 Å². The first-order valence-corrected chi connectivity index (χ1v) is 16.1. The summed E-state index contributed by atoms with van der Waals surface area (Å²) in [6, 6.07) is 10.9. The molecular formula is C31H36N14O4. The first kappa shape index (κ1) is 31.9.